The number of hydrogen-bond donors (Lipinski definition) is 1. The van der Waals surface area contributed by atoms with Gasteiger partial charge in [-0.1, -0.05) is 0 Å². The average molecular weight is 254 g/mol. The largest absolute Gasteiger partial charge is 0.495 e. The van der Waals surface area contributed by atoms with Crippen LogP contribution in [0, 0.1) is 10.1 Å². The number of nitrogens with one attached hydrogen (secondary N) is 1. The Morgan fingerprint density at radius 3 is 2.61 bits per heavy atom. The molecule has 7 nitrogen and oxygen atoms in total. The van der Waals surface area contributed by atoms with Gasteiger partial charge in [-0.05, 0) is 13.0 Å². The second-order valence-electron chi connectivity index (χ2n) is 3.51. The summed E-state index contributed by atoms with van der Waals surface area (Å²) in [5.74, 6) is -0.0615. The minimum atomic E-state index is -0.658. The van der Waals surface area contributed by atoms with Crippen molar-refractivity contribution in [2.24, 2.45) is 0 Å². The standard InChI is InChI=1S/C11H14N2O5/c1-7(17-2)11(14)12-9-6-8(13(15)16)4-5-10(9)18-3/h4-7H,1-3H3,(H,12,14). The second-order valence-corrected chi connectivity index (χ2v) is 3.51. The summed E-state index contributed by atoms with van der Waals surface area (Å²) in [6, 6.07) is 3.96. The van der Waals surface area contributed by atoms with Gasteiger partial charge in [-0.3, -0.25) is 14.9 Å². The molecule has 0 aromatic heterocycles. The molecule has 0 saturated heterocycles. The molecule has 0 saturated carbocycles. The van der Waals surface area contributed by atoms with Crippen LogP contribution in [0.15, 0.2) is 18.2 Å². The molecule has 1 aromatic carbocycles. The van der Waals surface area contributed by atoms with E-state index in [1.54, 1.807) is 6.92 Å². The molecule has 1 atom stereocenters. The number of ether oxygens (including phenoxy) is 2. The summed E-state index contributed by atoms with van der Waals surface area (Å²) in [7, 11) is 2.81. The first kappa shape index (κ1) is 13.9. The van der Waals surface area contributed by atoms with Gasteiger partial charge < -0.3 is 14.8 Å². The number of methoxy groups -OCH3 is 2. The summed E-state index contributed by atoms with van der Waals surface area (Å²) >= 11 is 0. The van der Waals surface area contributed by atoms with Crippen molar-refractivity contribution in [2.75, 3.05) is 19.5 Å². The van der Waals surface area contributed by atoms with Gasteiger partial charge >= 0.3 is 0 Å². The number of non-ortho nitro benzene ring substituents is 1. The van der Waals surface area contributed by atoms with Crippen molar-refractivity contribution in [1.29, 1.82) is 0 Å². The Morgan fingerprint density at radius 1 is 1.44 bits per heavy atom. The maximum absolute atomic E-state index is 11.6. The molecule has 0 radical (unpaired) electrons. The molecule has 0 heterocycles. The normalized spacial score (nSPS) is 11.7. The van der Waals surface area contributed by atoms with Crippen molar-refractivity contribution in [3.05, 3.63) is 28.3 Å². The van der Waals surface area contributed by atoms with E-state index in [4.69, 9.17) is 9.47 Å². The molecule has 18 heavy (non-hydrogen) atoms. The first-order valence-corrected chi connectivity index (χ1v) is 5.15. The van der Waals surface area contributed by atoms with E-state index in [1.807, 2.05) is 0 Å². The molecule has 1 aromatic rings. The van der Waals surface area contributed by atoms with Crippen molar-refractivity contribution >= 4 is 17.3 Å². The van der Waals surface area contributed by atoms with Crippen molar-refractivity contribution in [3.63, 3.8) is 0 Å². The Kier molecular flexibility index (Phi) is 4.61. The topological polar surface area (TPSA) is 90.7 Å². The minimum absolute atomic E-state index is 0.129. The maximum Gasteiger partial charge on any atom is 0.271 e. The lowest BCUT2D eigenvalue weighted by atomic mass is 10.2. The number of nitro groups is 1. The molecular formula is C11H14N2O5. The highest BCUT2D eigenvalue weighted by Gasteiger charge is 2.17. The lowest BCUT2D eigenvalue weighted by Crippen LogP contribution is -2.26. The summed E-state index contributed by atoms with van der Waals surface area (Å²) in [4.78, 5) is 21.7. The Morgan fingerprint density at radius 2 is 2.11 bits per heavy atom. The van der Waals surface area contributed by atoms with Gasteiger partial charge in [0.25, 0.3) is 11.6 Å². The number of benzene rings is 1. The van der Waals surface area contributed by atoms with Gasteiger partial charge in [-0.15, -0.1) is 0 Å². The van der Waals surface area contributed by atoms with Crippen molar-refractivity contribution in [3.8, 4) is 5.75 Å². The number of nitro benzene ring substituents is 1. The molecule has 0 fully saturated rings. The lowest BCUT2D eigenvalue weighted by Gasteiger charge is -2.12. The van der Waals surface area contributed by atoms with Crippen LogP contribution in [0.2, 0.25) is 0 Å². The summed E-state index contributed by atoms with van der Waals surface area (Å²) in [6.07, 6.45) is -0.658. The number of carbonyl (C=O) groups excluding carboxylic acids is 1. The zero-order valence-electron chi connectivity index (χ0n) is 10.3. The van der Waals surface area contributed by atoms with E-state index >= 15 is 0 Å². The number of amides is 1. The van der Waals surface area contributed by atoms with Crippen LogP contribution in [-0.4, -0.2) is 31.2 Å². The van der Waals surface area contributed by atoms with Gasteiger partial charge in [0.1, 0.15) is 11.9 Å². The van der Waals surface area contributed by atoms with Gasteiger partial charge in [0.2, 0.25) is 0 Å². The Labute approximate surface area is 104 Å². The summed E-state index contributed by atoms with van der Waals surface area (Å²) in [5.41, 5.74) is 0.108. The first-order chi connectivity index (χ1) is 8.49. The fraction of sp³-hybridized carbons (Fsp3) is 0.364. The Bertz CT molecular complexity index is 461. The van der Waals surface area contributed by atoms with Crippen LogP contribution >= 0.6 is 0 Å². The SMILES string of the molecule is COc1ccc([N+](=O)[O-])cc1NC(=O)C(C)OC. The molecule has 1 unspecified atom stereocenters. The highest BCUT2D eigenvalue weighted by Crippen LogP contribution is 2.28. The molecule has 0 aliphatic rings. The van der Waals surface area contributed by atoms with E-state index in [1.165, 1.54) is 32.4 Å². The van der Waals surface area contributed by atoms with E-state index in [2.05, 4.69) is 5.32 Å². The highest BCUT2D eigenvalue weighted by molar-refractivity contribution is 5.95. The number of anilines is 1. The Balaban J connectivity index is 3.01. The van der Waals surface area contributed by atoms with E-state index < -0.39 is 16.9 Å². The third-order valence-electron chi connectivity index (χ3n) is 2.37. The van der Waals surface area contributed by atoms with Crippen LogP contribution < -0.4 is 10.1 Å². The zero-order chi connectivity index (χ0) is 13.7. The quantitative estimate of drug-likeness (QED) is 0.636. The Hall–Kier alpha value is -2.15. The van der Waals surface area contributed by atoms with Gasteiger partial charge in [-0.2, -0.15) is 0 Å². The number of carbonyl (C=O) groups is 1. The zero-order valence-corrected chi connectivity index (χ0v) is 10.3. The molecule has 1 rings (SSSR count). The molecule has 1 N–H and O–H groups in total. The molecule has 0 aliphatic heterocycles. The predicted octanol–water partition coefficient (Wildman–Crippen LogP) is 1.58. The smallest absolute Gasteiger partial charge is 0.271 e. The third kappa shape index (κ3) is 3.17. The average Bonchev–Trinajstić information content (AvgIpc) is 2.37. The molecule has 0 bridgehead atoms. The van der Waals surface area contributed by atoms with Crippen LogP contribution in [0.25, 0.3) is 0 Å². The van der Waals surface area contributed by atoms with Gasteiger partial charge in [0.05, 0.1) is 17.7 Å². The fourth-order valence-electron chi connectivity index (χ4n) is 1.25. The van der Waals surface area contributed by atoms with Crippen LogP contribution in [0.3, 0.4) is 0 Å². The van der Waals surface area contributed by atoms with Crippen molar-refractivity contribution in [1.82, 2.24) is 0 Å². The summed E-state index contributed by atoms with van der Waals surface area (Å²) < 4.78 is 9.86. The third-order valence-corrected chi connectivity index (χ3v) is 2.37. The van der Waals surface area contributed by atoms with Crippen molar-refractivity contribution < 1.29 is 19.2 Å². The van der Waals surface area contributed by atoms with Crippen LogP contribution in [0.5, 0.6) is 5.75 Å². The van der Waals surface area contributed by atoms with Gasteiger partial charge in [0, 0.05) is 19.2 Å². The van der Waals surface area contributed by atoms with E-state index in [0.717, 1.165) is 0 Å². The van der Waals surface area contributed by atoms with Crippen LogP contribution in [0.4, 0.5) is 11.4 Å². The number of nitrogens with zero attached hydrogens (tertiary/aromatic N) is 1. The molecule has 0 aliphatic carbocycles. The monoisotopic (exact) mass is 254 g/mol. The van der Waals surface area contributed by atoms with Gasteiger partial charge in [0.15, 0.2) is 0 Å². The molecule has 0 spiro atoms. The summed E-state index contributed by atoms with van der Waals surface area (Å²) in [5, 5.41) is 13.2. The lowest BCUT2D eigenvalue weighted by molar-refractivity contribution is -0.384. The molecule has 98 valence electrons. The highest BCUT2D eigenvalue weighted by atomic mass is 16.6. The number of rotatable bonds is 5. The fourth-order valence-corrected chi connectivity index (χ4v) is 1.25. The van der Waals surface area contributed by atoms with E-state index in [0.29, 0.717) is 5.75 Å². The van der Waals surface area contributed by atoms with Gasteiger partial charge in [-0.25, -0.2) is 0 Å². The second kappa shape index (κ2) is 5.97. The maximum atomic E-state index is 11.6. The van der Waals surface area contributed by atoms with Crippen molar-refractivity contribution in [2.45, 2.75) is 13.0 Å². The van der Waals surface area contributed by atoms with Crippen LogP contribution in [0.1, 0.15) is 6.92 Å². The van der Waals surface area contributed by atoms with E-state index in [-0.39, 0.29) is 11.4 Å². The van der Waals surface area contributed by atoms with Crippen LogP contribution in [-0.2, 0) is 9.53 Å². The molecule has 1 amide bonds. The number of hydrogen-bond acceptors (Lipinski definition) is 5. The first-order valence-electron chi connectivity index (χ1n) is 5.15. The predicted molar refractivity (Wildman–Crippen MR) is 64.7 cm³/mol. The molecule has 7 heteroatoms. The summed E-state index contributed by atoms with van der Waals surface area (Å²) in [6.45, 7) is 1.57. The minimum Gasteiger partial charge on any atom is -0.495 e. The molecular weight excluding hydrogens is 240 g/mol. The van der Waals surface area contributed by atoms with E-state index in [9.17, 15) is 14.9 Å².